The van der Waals surface area contributed by atoms with Crippen LogP contribution in [0.3, 0.4) is 0 Å². The molecule has 172 valence electrons. The van der Waals surface area contributed by atoms with E-state index in [0.717, 1.165) is 30.5 Å². The molecule has 1 aliphatic heterocycles. The second-order valence-corrected chi connectivity index (χ2v) is 8.19. The summed E-state index contributed by atoms with van der Waals surface area (Å²) in [5.74, 6) is 7.13. The summed E-state index contributed by atoms with van der Waals surface area (Å²) in [6.07, 6.45) is 3.60. The van der Waals surface area contributed by atoms with E-state index in [2.05, 4.69) is 26.8 Å². The van der Waals surface area contributed by atoms with Gasteiger partial charge in [-0.3, -0.25) is 9.36 Å². The largest absolute Gasteiger partial charge is 0.439 e. The van der Waals surface area contributed by atoms with Crippen LogP contribution < -0.4 is 16.2 Å². The maximum absolute atomic E-state index is 13.4. The minimum Gasteiger partial charge on any atom is -0.439 e. The first-order valence-corrected chi connectivity index (χ1v) is 10.8. The molecule has 0 spiro atoms. The molecule has 5 rings (SSSR count). The first kappa shape index (κ1) is 22.8. The molecular formula is C23H26ClN7O2. The minimum atomic E-state index is -0.251. The van der Waals surface area contributed by atoms with E-state index in [4.69, 9.17) is 15.1 Å². The van der Waals surface area contributed by atoms with Crippen molar-refractivity contribution < 1.29 is 4.42 Å². The van der Waals surface area contributed by atoms with Crippen molar-refractivity contribution in [3.63, 3.8) is 0 Å². The zero-order valence-corrected chi connectivity index (χ0v) is 19.4. The van der Waals surface area contributed by atoms with Crippen molar-refractivity contribution in [2.75, 3.05) is 18.0 Å². The molecule has 10 heteroatoms. The SMILES string of the molecule is CC#CCn1c(N2CCCC(N)C2)nc2cnn(Cc3nc4cc(C)ccc4o3)c(=O)c21.Cl. The molecular weight excluding hydrogens is 442 g/mol. The Morgan fingerprint density at radius 3 is 2.91 bits per heavy atom. The molecule has 1 unspecified atom stereocenters. The Labute approximate surface area is 197 Å². The van der Waals surface area contributed by atoms with Crippen LogP contribution in [0.4, 0.5) is 5.95 Å². The number of oxazole rings is 1. The van der Waals surface area contributed by atoms with E-state index in [1.165, 1.54) is 4.68 Å². The summed E-state index contributed by atoms with van der Waals surface area (Å²) < 4.78 is 9.06. The summed E-state index contributed by atoms with van der Waals surface area (Å²) in [7, 11) is 0. The van der Waals surface area contributed by atoms with Gasteiger partial charge in [0.25, 0.3) is 5.56 Å². The van der Waals surface area contributed by atoms with E-state index >= 15 is 0 Å². The third kappa shape index (κ3) is 4.32. The number of hydrogen-bond acceptors (Lipinski definition) is 7. The number of rotatable bonds is 4. The number of fused-ring (bicyclic) bond motifs is 2. The Bertz CT molecular complexity index is 1430. The van der Waals surface area contributed by atoms with Crippen molar-refractivity contribution in [1.82, 2.24) is 24.3 Å². The molecule has 33 heavy (non-hydrogen) atoms. The number of anilines is 1. The third-order valence-corrected chi connectivity index (χ3v) is 5.76. The molecule has 1 saturated heterocycles. The maximum atomic E-state index is 13.4. The molecule has 9 nitrogen and oxygen atoms in total. The summed E-state index contributed by atoms with van der Waals surface area (Å²) in [5.41, 5.74) is 9.51. The van der Waals surface area contributed by atoms with Crippen LogP contribution in [-0.2, 0) is 13.1 Å². The molecule has 2 N–H and O–H groups in total. The van der Waals surface area contributed by atoms with Gasteiger partial charge in [0.1, 0.15) is 23.1 Å². The second kappa shape index (κ2) is 9.25. The average Bonchev–Trinajstić information content (AvgIpc) is 3.35. The van der Waals surface area contributed by atoms with Crippen molar-refractivity contribution in [1.29, 1.82) is 0 Å². The Kier molecular flexibility index (Phi) is 6.40. The highest BCUT2D eigenvalue weighted by Crippen LogP contribution is 2.23. The van der Waals surface area contributed by atoms with Gasteiger partial charge >= 0.3 is 0 Å². The number of halogens is 1. The maximum Gasteiger partial charge on any atom is 0.293 e. The lowest BCUT2D eigenvalue weighted by molar-refractivity contribution is 0.482. The van der Waals surface area contributed by atoms with E-state index in [9.17, 15) is 4.79 Å². The molecule has 0 amide bonds. The van der Waals surface area contributed by atoms with Crippen LogP contribution >= 0.6 is 12.4 Å². The molecule has 1 atom stereocenters. The number of piperidine rings is 1. The van der Waals surface area contributed by atoms with Crippen LogP contribution in [0.5, 0.6) is 0 Å². The van der Waals surface area contributed by atoms with E-state index in [1.54, 1.807) is 13.1 Å². The summed E-state index contributed by atoms with van der Waals surface area (Å²) in [6.45, 7) is 5.84. The van der Waals surface area contributed by atoms with Gasteiger partial charge in [-0.1, -0.05) is 12.0 Å². The minimum absolute atomic E-state index is 0. The molecule has 0 bridgehead atoms. The normalized spacial score (nSPS) is 16.0. The lowest BCUT2D eigenvalue weighted by atomic mass is 10.1. The van der Waals surface area contributed by atoms with E-state index in [1.807, 2.05) is 29.7 Å². The van der Waals surface area contributed by atoms with Crippen LogP contribution in [0, 0.1) is 18.8 Å². The van der Waals surface area contributed by atoms with Crippen molar-refractivity contribution in [3.05, 3.63) is 46.2 Å². The molecule has 1 fully saturated rings. The Morgan fingerprint density at radius 1 is 1.27 bits per heavy atom. The quantitative estimate of drug-likeness (QED) is 0.459. The van der Waals surface area contributed by atoms with E-state index in [-0.39, 0.29) is 30.6 Å². The predicted octanol–water partition coefficient (Wildman–Crippen LogP) is 2.46. The monoisotopic (exact) mass is 467 g/mol. The molecule has 4 aromatic rings. The Hall–Kier alpha value is -3.35. The standard InChI is InChI=1S/C23H25N7O2.ClH/c1-3-4-10-29-21-18(27-23(29)28-9-5-6-16(24)13-28)12-25-30(22(21)31)14-20-26-17-11-15(2)7-8-19(17)32-20;/h7-8,11-12,16H,5-6,9-10,13-14,24H2,1-2H3;1H. The fraction of sp³-hybridized carbons (Fsp3) is 0.391. The van der Waals surface area contributed by atoms with E-state index in [0.29, 0.717) is 41.5 Å². The van der Waals surface area contributed by atoms with Gasteiger partial charge in [0.15, 0.2) is 5.58 Å². The summed E-state index contributed by atoms with van der Waals surface area (Å²) in [5, 5.41) is 4.33. The Morgan fingerprint density at radius 2 is 2.12 bits per heavy atom. The van der Waals surface area contributed by atoms with Gasteiger partial charge in [0.05, 0.1) is 12.7 Å². The van der Waals surface area contributed by atoms with Gasteiger partial charge in [-0.2, -0.15) is 5.10 Å². The molecule has 0 aliphatic carbocycles. The highest BCUT2D eigenvalue weighted by atomic mass is 35.5. The first-order chi connectivity index (χ1) is 15.5. The smallest absolute Gasteiger partial charge is 0.293 e. The van der Waals surface area contributed by atoms with Gasteiger partial charge in [-0.25, -0.2) is 14.6 Å². The van der Waals surface area contributed by atoms with Crippen LogP contribution in [0.15, 0.2) is 33.6 Å². The third-order valence-electron chi connectivity index (χ3n) is 5.76. The molecule has 0 radical (unpaired) electrons. The number of hydrogen-bond donors (Lipinski definition) is 1. The van der Waals surface area contributed by atoms with Crippen molar-refractivity contribution in [2.24, 2.45) is 5.73 Å². The van der Waals surface area contributed by atoms with Crippen LogP contribution in [0.25, 0.3) is 22.1 Å². The van der Waals surface area contributed by atoms with E-state index < -0.39 is 0 Å². The van der Waals surface area contributed by atoms with Gasteiger partial charge < -0.3 is 15.1 Å². The topological polar surface area (TPSA) is 108 Å². The van der Waals surface area contributed by atoms with Crippen LogP contribution in [-0.4, -0.2) is 43.4 Å². The predicted molar refractivity (Wildman–Crippen MR) is 130 cm³/mol. The Balaban J connectivity index is 0.00000259. The van der Waals surface area contributed by atoms with Gasteiger partial charge in [0, 0.05) is 19.1 Å². The molecule has 0 saturated carbocycles. The number of imidazole rings is 1. The van der Waals surface area contributed by atoms with Crippen molar-refractivity contribution in [2.45, 2.75) is 45.8 Å². The summed E-state index contributed by atoms with van der Waals surface area (Å²) >= 11 is 0. The zero-order valence-electron chi connectivity index (χ0n) is 18.6. The van der Waals surface area contributed by atoms with Crippen molar-refractivity contribution in [3.8, 4) is 11.8 Å². The molecule has 3 aromatic heterocycles. The highest BCUT2D eigenvalue weighted by molar-refractivity contribution is 5.85. The number of nitrogens with two attached hydrogens (primary N) is 1. The fourth-order valence-electron chi connectivity index (χ4n) is 4.21. The van der Waals surface area contributed by atoms with Crippen LogP contribution in [0.1, 0.15) is 31.2 Å². The molecule has 1 aliphatic rings. The first-order valence-electron chi connectivity index (χ1n) is 10.8. The average molecular weight is 468 g/mol. The molecule has 1 aromatic carbocycles. The summed E-state index contributed by atoms with van der Waals surface area (Å²) in [6, 6.07) is 5.89. The van der Waals surface area contributed by atoms with Gasteiger partial charge in [-0.15, -0.1) is 18.3 Å². The van der Waals surface area contributed by atoms with Crippen molar-refractivity contribution >= 4 is 40.5 Å². The number of nitrogens with zero attached hydrogens (tertiary/aromatic N) is 6. The van der Waals surface area contributed by atoms with Gasteiger partial charge in [-0.05, 0) is 44.4 Å². The lowest BCUT2D eigenvalue weighted by Crippen LogP contribution is -2.44. The lowest BCUT2D eigenvalue weighted by Gasteiger charge is -2.31. The van der Waals surface area contributed by atoms with Gasteiger partial charge in [0.2, 0.25) is 11.8 Å². The summed E-state index contributed by atoms with van der Waals surface area (Å²) in [4.78, 5) is 24.8. The van der Waals surface area contributed by atoms with Crippen LogP contribution in [0.2, 0.25) is 0 Å². The fourth-order valence-corrected chi connectivity index (χ4v) is 4.21. The highest BCUT2D eigenvalue weighted by Gasteiger charge is 2.24. The number of aryl methyl sites for hydroxylation is 1. The number of benzene rings is 1. The molecule has 4 heterocycles. The second-order valence-electron chi connectivity index (χ2n) is 8.19. The zero-order chi connectivity index (χ0) is 22.2. The number of aromatic nitrogens is 5.